The van der Waals surface area contributed by atoms with Crippen LogP contribution in [-0.2, 0) is 0 Å². The fourth-order valence-electron chi connectivity index (χ4n) is 10.0. The van der Waals surface area contributed by atoms with E-state index in [4.69, 9.17) is 9.97 Å². The quantitative estimate of drug-likeness (QED) is 0.103. The second-order valence-corrected chi connectivity index (χ2v) is 25.3. The summed E-state index contributed by atoms with van der Waals surface area (Å²) < 4.78 is 0. The predicted molar refractivity (Wildman–Crippen MR) is 303 cm³/mol. The zero-order valence-electron chi connectivity index (χ0n) is 41.7. The normalized spacial score (nSPS) is 11.9. The Hall–Kier alpha value is -7.61. The zero-order chi connectivity index (χ0) is 48.8. The van der Waals surface area contributed by atoms with E-state index in [9.17, 15) is 0 Å². The molecule has 5 aromatic carbocycles. The summed E-state index contributed by atoms with van der Waals surface area (Å²) in [5.41, 5.74) is 29.7. The Morgan fingerprint density at radius 2 is 0.800 bits per heavy atom. The van der Waals surface area contributed by atoms with E-state index in [1.54, 1.807) is 11.8 Å². The third kappa shape index (κ3) is 9.29. The van der Waals surface area contributed by atoms with Crippen molar-refractivity contribution in [2.45, 2.75) is 66.1 Å². The van der Waals surface area contributed by atoms with Crippen molar-refractivity contribution >= 4 is 66.2 Å². The Kier molecular flexibility index (Phi) is 12.3. The number of hydrogen-bond acceptors (Lipinski definition) is 3. The fraction of sp³-hybridized carbons (Fsp3) is 0.156. The maximum absolute atomic E-state index is 5.61. The number of H-pyrrole nitrogens is 2. The van der Waals surface area contributed by atoms with Crippen LogP contribution in [-0.4, -0.2) is 34.3 Å². The molecule has 0 amide bonds. The zero-order valence-corrected chi connectivity index (χ0v) is 43.5. The molecule has 342 valence electrons. The highest BCUT2D eigenvalue weighted by Crippen LogP contribution is 2.41. The van der Waals surface area contributed by atoms with Crippen molar-refractivity contribution in [2.24, 2.45) is 0 Å². The molecule has 3 aromatic heterocycles. The van der Waals surface area contributed by atoms with Crippen LogP contribution in [0.4, 0.5) is 0 Å². The van der Waals surface area contributed by atoms with Gasteiger partial charge in [0.15, 0.2) is 0 Å². The number of thioether (sulfide) groups is 1. The van der Waals surface area contributed by atoms with E-state index < -0.39 is 8.07 Å². The summed E-state index contributed by atoms with van der Waals surface area (Å²) in [5, 5.41) is 0. The molecular weight excluding hydrogens is 885 g/mol. The van der Waals surface area contributed by atoms with Gasteiger partial charge >= 0.3 is 0 Å². The van der Waals surface area contributed by atoms with E-state index in [0.29, 0.717) is 0 Å². The molecule has 10 rings (SSSR count). The van der Waals surface area contributed by atoms with Crippen LogP contribution in [0.5, 0.6) is 0 Å². The average Bonchev–Trinajstić information content (AvgIpc) is 4.18. The van der Waals surface area contributed by atoms with Gasteiger partial charge in [-0.05, 0) is 183 Å². The van der Waals surface area contributed by atoms with E-state index >= 15 is 0 Å². The van der Waals surface area contributed by atoms with Crippen LogP contribution in [0.2, 0.25) is 19.6 Å². The first-order chi connectivity index (χ1) is 33.7. The van der Waals surface area contributed by atoms with Gasteiger partial charge in [-0.1, -0.05) is 103 Å². The molecule has 8 aromatic rings. The Balaban J connectivity index is 1.30. The molecule has 0 fully saturated rings. The number of rotatable bonds is 5. The molecular formula is C64H56N4SSi. The first kappa shape index (κ1) is 46.1. The number of fused-ring (bicyclic) bond motifs is 8. The topological polar surface area (TPSA) is 57.4 Å². The summed E-state index contributed by atoms with van der Waals surface area (Å²) in [6, 6.07) is 43.6. The summed E-state index contributed by atoms with van der Waals surface area (Å²) >= 11 is 1.72. The van der Waals surface area contributed by atoms with E-state index in [1.807, 2.05) is 0 Å². The van der Waals surface area contributed by atoms with E-state index in [1.165, 1.54) is 49.4 Å². The van der Waals surface area contributed by atoms with Gasteiger partial charge in [0, 0.05) is 65.9 Å². The van der Waals surface area contributed by atoms with Gasteiger partial charge in [0.1, 0.15) is 8.07 Å². The Labute approximate surface area is 418 Å². The number of aryl methyl sites for hydroxylation is 6. The van der Waals surface area contributed by atoms with Crippen molar-refractivity contribution in [3.8, 4) is 67.8 Å². The molecule has 6 heteroatoms. The summed E-state index contributed by atoms with van der Waals surface area (Å²) in [6.45, 7) is 20.0. The van der Waals surface area contributed by atoms with Gasteiger partial charge in [-0.2, -0.15) is 0 Å². The Morgan fingerprint density at radius 3 is 1.21 bits per heavy atom. The van der Waals surface area contributed by atoms with E-state index in [-0.39, 0.29) is 0 Å². The number of hydrogen-bond donors (Lipinski definition) is 2. The lowest BCUT2D eigenvalue weighted by atomic mass is 9.92. The number of nitrogens with zero attached hydrogens (tertiary/aromatic N) is 2. The summed E-state index contributed by atoms with van der Waals surface area (Å²) in [6.07, 6.45) is 10.8. The summed E-state index contributed by atoms with van der Waals surface area (Å²) in [4.78, 5) is 20.3. The van der Waals surface area contributed by atoms with E-state index in [0.717, 1.165) is 94.9 Å². The fourth-order valence-corrected chi connectivity index (χ4v) is 11.0. The third-order valence-corrected chi connectivity index (χ3v) is 14.6. The number of nitrogens with one attached hydrogen (secondary N) is 2. The first-order valence-electron chi connectivity index (χ1n) is 23.9. The number of benzene rings is 5. The Bertz CT molecular complexity index is 3690. The Morgan fingerprint density at radius 1 is 0.414 bits per heavy atom. The van der Waals surface area contributed by atoms with Crippen molar-refractivity contribution < 1.29 is 0 Å². The van der Waals surface area contributed by atoms with Gasteiger partial charge in [0.2, 0.25) is 0 Å². The first-order valence-corrected chi connectivity index (χ1v) is 28.6. The molecule has 5 heterocycles. The van der Waals surface area contributed by atoms with Crippen LogP contribution in [0.25, 0.3) is 90.9 Å². The largest absolute Gasteiger partial charge is 0.354 e. The molecule has 0 saturated carbocycles. The van der Waals surface area contributed by atoms with Gasteiger partial charge < -0.3 is 9.97 Å². The van der Waals surface area contributed by atoms with Gasteiger partial charge in [0.25, 0.3) is 0 Å². The maximum Gasteiger partial charge on any atom is 0.129 e. The monoisotopic (exact) mass is 940 g/mol. The van der Waals surface area contributed by atoms with Crippen molar-refractivity contribution in [2.75, 3.05) is 6.26 Å². The standard InChI is InChI=1S/C64H56N4SSi/c1-39-34-41(3)59(42(4)35-39)63-55-28-24-51(65-55)61(48-20-16-45(17-21-48)14-15-47-12-11-13-50(38-47)69-7)52-25-29-56(66-52)64(60-43(5)36-40(2)37-44(60)6)58-31-27-54(68-58)62(53-26-30-57(63)67-53)49-22-18-46(19-23-49)32-33-70(8,9)10/h11-13,16-31,34-38,65,68H,1-10H3. The minimum atomic E-state index is -1.56. The highest BCUT2D eigenvalue weighted by Gasteiger charge is 2.22. The minimum Gasteiger partial charge on any atom is -0.354 e. The molecule has 0 radical (unpaired) electrons. The van der Waals surface area contributed by atoms with Crippen molar-refractivity contribution in [3.05, 3.63) is 194 Å². The smallest absolute Gasteiger partial charge is 0.129 e. The average molecular weight is 941 g/mol. The van der Waals surface area contributed by atoms with Crippen LogP contribution in [0, 0.1) is 64.8 Å². The van der Waals surface area contributed by atoms with Crippen LogP contribution in [0.3, 0.4) is 0 Å². The van der Waals surface area contributed by atoms with Gasteiger partial charge in [0.05, 0.1) is 22.8 Å². The minimum absolute atomic E-state index is 0.873. The lowest BCUT2D eigenvalue weighted by Gasteiger charge is -2.13. The lowest BCUT2D eigenvalue weighted by Crippen LogP contribution is -2.16. The molecule has 8 bridgehead atoms. The molecule has 70 heavy (non-hydrogen) atoms. The van der Waals surface area contributed by atoms with Crippen molar-refractivity contribution in [3.63, 3.8) is 0 Å². The highest BCUT2D eigenvalue weighted by atomic mass is 32.2. The number of aromatic amines is 2. The summed E-state index contributed by atoms with van der Waals surface area (Å²) in [5.74, 6) is 10.3. The van der Waals surface area contributed by atoms with Gasteiger partial charge in [-0.3, -0.25) is 0 Å². The van der Waals surface area contributed by atoms with Crippen LogP contribution < -0.4 is 0 Å². The second-order valence-electron chi connectivity index (χ2n) is 19.7. The third-order valence-electron chi connectivity index (χ3n) is 13.0. The van der Waals surface area contributed by atoms with Crippen LogP contribution in [0.15, 0.2) is 126 Å². The van der Waals surface area contributed by atoms with Gasteiger partial charge in [-0.25, -0.2) is 9.97 Å². The van der Waals surface area contributed by atoms with E-state index in [2.05, 4.69) is 246 Å². The molecule has 2 aliphatic rings. The molecule has 0 spiro atoms. The molecule has 4 nitrogen and oxygen atoms in total. The molecule has 0 unspecified atom stereocenters. The maximum atomic E-state index is 5.61. The highest BCUT2D eigenvalue weighted by molar-refractivity contribution is 7.98. The van der Waals surface area contributed by atoms with Crippen molar-refractivity contribution in [1.82, 2.24) is 19.9 Å². The van der Waals surface area contributed by atoms with Crippen LogP contribution >= 0.6 is 11.8 Å². The predicted octanol–water partition coefficient (Wildman–Crippen LogP) is 16.5. The van der Waals surface area contributed by atoms with Gasteiger partial charge in [-0.15, -0.1) is 17.3 Å². The lowest BCUT2D eigenvalue weighted by molar-refractivity contribution is 1.28. The SMILES string of the molecule is CSc1cccc(C#Cc2ccc(-c3c4nc(c(-c5c(C)cc(C)cc5C)c5ccc([nH]5)c(-c5ccc(C#C[Si](C)(C)C)cc5)c5nc(c(-c6c(C)cc(C)cc6C)c6ccc3[nH]6)C=C5)C=C4)cc2)c1. The van der Waals surface area contributed by atoms with Crippen LogP contribution in [0.1, 0.15) is 72.8 Å². The summed E-state index contributed by atoms with van der Waals surface area (Å²) in [7, 11) is -1.56. The van der Waals surface area contributed by atoms with Crippen molar-refractivity contribution in [1.29, 1.82) is 0 Å². The number of aromatic nitrogens is 4. The molecule has 0 saturated heterocycles. The molecule has 0 aliphatic carbocycles. The molecule has 2 aliphatic heterocycles. The molecule has 2 N–H and O–H groups in total. The molecule has 0 atom stereocenters. The second kappa shape index (κ2) is 18.7.